The fraction of sp³-hybridized carbons (Fsp3) is 0.556. The number of amides is 1. The van der Waals surface area contributed by atoms with Crippen LogP contribution in [0.1, 0.15) is 32.9 Å². The van der Waals surface area contributed by atoms with Crippen LogP contribution in [0, 0.1) is 0 Å². The Morgan fingerprint density at radius 1 is 1.18 bits per heavy atom. The lowest BCUT2D eigenvalue weighted by Crippen LogP contribution is -2.54. The van der Waals surface area contributed by atoms with E-state index in [4.69, 9.17) is 16.2 Å². The van der Waals surface area contributed by atoms with Gasteiger partial charge in [-0.3, -0.25) is 28.8 Å². The number of nitrogens with one attached hydrogen (secondary N) is 3. The number of imidazole rings is 1. The molecular formula is C27H36N12O9S. The number of sulfone groups is 1. The Kier molecular flexibility index (Phi) is 8.77. The number of aliphatic carboxylic acids is 1. The van der Waals surface area contributed by atoms with E-state index in [-0.39, 0.29) is 72.6 Å². The number of nitrogens with two attached hydrogens (primary N) is 2. The molecule has 6 atom stereocenters. The summed E-state index contributed by atoms with van der Waals surface area (Å²) < 4.78 is 34.2. The van der Waals surface area contributed by atoms with Gasteiger partial charge in [-0.05, 0) is 26.7 Å². The van der Waals surface area contributed by atoms with Crippen molar-refractivity contribution in [3.63, 3.8) is 0 Å². The molecule has 3 aromatic rings. The van der Waals surface area contributed by atoms with Gasteiger partial charge < -0.3 is 42.2 Å². The van der Waals surface area contributed by atoms with E-state index in [1.165, 1.54) is 17.2 Å². The van der Waals surface area contributed by atoms with Crippen molar-refractivity contribution >= 4 is 61.9 Å². The molecule has 22 heteroatoms. The first-order valence-corrected chi connectivity index (χ1v) is 17.0. The number of aliphatic hydroxyl groups excluding tert-OH is 2. The summed E-state index contributed by atoms with van der Waals surface area (Å²) in [5.74, 6) is -2.40. The van der Waals surface area contributed by atoms with Gasteiger partial charge in [0.05, 0.1) is 22.9 Å². The lowest BCUT2D eigenvalue weighted by atomic mass is 9.95. The molecule has 0 saturated carbocycles. The normalized spacial score (nSPS) is 26.9. The summed E-state index contributed by atoms with van der Waals surface area (Å²) in [6, 6.07) is -1.19. The molecule has 3 aliphatic heterocycles. The fourth-order valence-electron chi connectivity index (χ4n) is 6.36. The molecule has 3 aliphatic rings. The number of fused-ring (bicyclic) bond motifs is 2. The highest BCUT2D eigenvalue weighted by Gasteiger charge is 2.48. The molecule has 0 spiro atoms. The molecule has 264 valence electrons. The number of aliphatic imine (C=N–C) groups is 1. The van der Waals surface area contributed by atoms with Crippen molar-refractivity contribution in [3.8, 4) is 0 Å². The summed E-state index contributed by atoms with van der Waals surface area (Å²) in [6.07, 6.45) is -3.33. The van der Waals surface area contributed by atoms with Crippen molar-refractivity contribution in [2.24, 2.45) is 4.99 Å². The first kappa shape index (κ1) is 34.1. The third-order valence-electron chi connectivity index (χ3n) is 8.91. The molecule has 0 aromatic carbocycles. The molecule has 6 heterocycles. The Balaban J connectivity index is 1.08. The standard InChI is InChI=1S/C27H36N12O9S/c1-27(2)18(34-15-20(37-27)35-26(29)36-22(15)42)23(43)30-4-6-38-5-3-11(7-12(38)25(44)45)49(46,47)8-13-16(40)17(41)24(48-13)39-10-33-14-19(28)31-9-32-21(14)39/h9-13,16-17,24,40-41H,3-8H2,1-2H3,(H,30,43)(H,44,45)(H2,28,31,32)(H4,29,35,36,37,42)/t11-,12-,13-,16-,17-,24-/m1/s1. The smallest absolute Gasteiger partial charge is 0.320 e. The number of ether oxygens (including phenoxy) is 1. The largest absolute Gasteiger partial charge is 0.480 e. The number of carbonyl (C=O) groups excluding carboxylic acids is 1. The van der Waals surface area contributed by atoms with Gasteiger partial charge in [0, 0.05) is 19.6 Å². The molecule has 0 aliphatic carbocycles. The highest BCUT2D eigenvalue weighted by atomic mass is 32.2. The number of rotatable bonds is 9. The topological polar surface area (TPSA) is 319 Å². The maximum atomic E-state index is 13.5. The average molecular weight is 705 g/mol. The lowest BCUT2D eigenvalue weighted by Gasteiger charge is -2.37. The molecule has 10 N–H and O–H groups in total. The van der Waals surface area contributed by atoms with Crippen LogP contribution in [-0.2, 0) is 24.2 Å². The highest BCUT2D eigenvalue weighted by Crippen LogP contribution is 2.34. The molecule has 2 fully saturated rings. The van der Waals surface area contributed by atoms with Crippen molar-refractivity contribution in [1.29, 1.82) is 0 Å². The number of aliphatic hydroxyl groups is 2. The van der Waals surface area contributed by atoms with Gasteiger partial charge in [-0.2, -0.15) is 4.98 Å². The van der Waals surface area contributed by atoms with Crippen LogP contribution in [0.25, 0.3) is 11.2 Å². The third kappa shape index (κ3) is 6.39. The molecular weight excluding hydrogens is 668 g/mol. The van der Waals surface area contributed by atoms with Crippen molar-refractivity contribution in [1.82, 2.24) is 39.7 Å². The predicted octanol–water partition coefficient (Wildman–Crippen LogP) is -2.88. The van der Waals surface area contributed by atoms with Crippen LogP contribution < -0.4 is 27.7 Å². The molecule has 21 nitrogen and oxygen atoms in total. The molecule has 0 radical (unpaired) electrons. The van der Waals surface area contributed by atoms with E-state index in [2.05, 4.69) is 40.5 Å². The van der Waals surface area contributed by atoms with Gasteiger partial charge in [0.1, 0.15) is 41.9 Å². The summed E-state index contributed by atoms with van der Waals surface area (Å²) in [6.45, 7) is 3.50. The van der Waals surface area contributed by atoms with Gasteiger partial charge in [-0.1, -0.05) is 0 Å². The van der Waals surface area contributed by atoms with Gasteiger partial charge in [-0.25, -0.2) is 28.4 Å². The second kappa shape index (κ2) is 12.6. The molecule has 49 heavy (non-hydrogen) atoms. The minimum absolute atomic E-state index is 0.000777. The summed E-state index contributed by atoms with van der Waals surface area (Å²) in [4.78, 5) is 61.9. The first-order valence-electron chi connectivity index (χ1n) is 15.3. The molecule has 2 saturated heterocycles. The van der Waals surface area contributed by atoms with Gasteiger partial charge in [0.25, 0.3) is 11.5 Å². The molecule has 3 aromatic heterocycles. The van der Waals surface area contributed by atoms with E-state index >= 15 is 0 Å². The number of aromatic amines is 1. The van der Waals surface area contributed by atoms with E-state index < -0.39 is 74.4 Å². The Bertz CT molecular complexity index is 2000. The van der Waals surface area contributed by atoms with Crippen LogP contribution >= 0.6 is 0 Å². The van der Waals surface area contributed by atoms with Crippen LogP contribution in [0.5, 0.6) is 0 Å². The predicted molar refractivity (Wildman–Crippen MR) is 173 cm³/mol. The minimum atomic E-state index is -4.04. The van der Waals surface area contributed by atoms with Crippen molar-refractivity contribution < 1.29 is 38.1 Å². The first-order chi connectivity index (χ1) is 23.1. The number of hydrogen-bond acceptors (Lipinski definition) is 17. The van der Waals surface area contributed by atoms with Crippen molar-refractivity contribution in [3.05, 3.63) is 23.0 Å². The summed E-state index contributed by atoms with van der Waals surface area (Å²) in [7, 11) is -4.04. The quantitative estimate of drug-likeness (QED) is 0.111. The van der Waals surface area contributed by atoms with E-state index in [0.29, 0.717) is 0 Å². The molecule has 0 unspecified atom stereocenters. The number of anilines is 3. The summed E-state index contributed by atoms with van der Waals surface area (Å²) >= 11 is 0. The number of piperidine rings is 1. The van der Waals surface area contributed by atoms with E-state index in [1.807, 2.05) is 0 Å². The maximum absolute atomic E-state index is 13.5. The number of aromatic nitrogens is 6. The monoisotopic (exact) mass is 704 g/mol. The number of nitrogens with zero attached hydrogens (tertiary/aromatic N) is 7. The van der Waals surface area contributed by atoms with Crippen molar-refractivity contribution in [2.75, 3.05) is 42.2 Å². The van der Waals surface area contributed by atoms with Gasteiger partial charge in [0.2, 0.25) is 5.95 Å². The Labute approximate surface area is 277 Å². The van der Waals surface area contributed by atoms with E-state index in [0.717, 1.165) is 0 Å². The van der Waals surface area contributed by atoms with Crippen LogP contribution in [0.4, 0.5) is 23.3 Å². The number of carbonyl (C=O) groups is 2. The second-order valence-corrected chi connectivity index (χ2v) is 14.9. The van der Waals surface area contributed by atoms with Crippen LogP contribution in [0.2, 0.25) is 0 Å². The maximum Gasteiger partial charge on any atom is 0.320 e. The number of hydrogen-bond donors (Lipinski definition) is 8. The zero-order valence-electron chi connectivity index (χ0n) is 26.3. The van der Waals surface area contributed by atoms with Crippen molar-refractivity contribution in [2.45, 2.75) is 68.1 Å². The molecule has 1 amide bonds. The second-order valence-electron chi connectivity index (χ2n) is 12.6. The summed E-state index contributed by atoms with van der Waals surface area (Å²) in [5, 5.41) is 36.1. The Morgan fingerprint density at radius 2 is 1.94 bits per heavy atom. The van der Waals surface area contributed by atoms with Gasteiger partial charge >= 0.3 is 5.97 Å². The Morgan fingerprint density at radius 3 is 2.67 bits per heavy atom. The van der Waals surface area contributed by atoms with E-state index in [1.54, 1.807) is 18.7 Å². The highest BCUT2D eigenvalue weighted by molar-refractivity contribution is 7.92. The lowest BCUT2D eigenvalue weighted by molar-refractivity contribution is -0.144. The van der Waals surface area contributed by atoms with Crippen LogP contribution in [0.15, 0.2) is 22.4 Å². The third-order valence-corrected chi connectivity index (χ3v) is 11.1. The number of carboxylic acids is 1. The zero-order chi connectivity index (χ0) is 35.4. The van der Waals surface area contributed by atoms with Gasteiger partial charge in [-0.15, -0.1) is 0 Å². The number of likely N-dealkylation sites (tertiary alicyclic amines) is 1. The van der Waals surface area contributed by atoms with Crippen LogP contribution in [0.3, 0.4) is 0 Å². The average Bonchev–Trinajstić information content (AvgIpc) is 3.57. The summed E-state index contributed by atoms with van der Waals surface area (Å²) in [5.41, 5.74) is 10.1. The van der Waals surface area contributed by atoms with Gasteiger partial charge in [0.15, 0.2) is 39.0 Å². The molecule has 6 rings (SSSR count). The molecule has 0 bridgehead atoms. The van der Waals surface area contributed by atoms with Crippen LogP contribution in [-0.4, -0.2) is 136 Å². The zero-order valence-corrected chi connectivity index (χ0v) is 27.2. The number of nitrogen functional groups attached to an aromatic ring is 2. The SMILES string of the molecule is CC1(C)Nc2nc(N)[nH]c(=O)c2N=C1C(=O)NCCN1CC[C@@H](S(=O)(=O)C[C@H]2O[C@@H](n3cnc4c(N)ncnc43)[C@H](O)[C@@H]2O)C[C@@H]1C(=O)O. The number of carboxylic acid groups (broad SMARTS) is 1. The Hall–Kier alpha value is -4.77. The fourth-order valence-corrected chi connectivity index (χ4v) is 8.31. The number of H-pyrrole nitrogens is 1. The van der Waals surface area contributed by atoms with E-state index in [9.17, 15) is 38.1 Å². The minimum Gasteiger partial charge on any atom is -0.480 e.